The Balaban J connectivity index is 3.58. The summed E-state index contributed by atoms with van der Waals surface area (Å²) in [5.41, 5.74) is 0. The van der Waals surface area contributed by atoms with E-state index >= 15 is 0 Å². The lowest BCUT2D eigenvalue weighted by Gasteiger charge is -2.16. The largest absolute Gasteiger partial charge is 0.462 e. The van der Waals surface area contributed by atoms with Gasteiger partial charge in [-0.2, -0.15) is 0 Å². The van der Waals surface area contributed by atoms with Gasteiger partial charge in [-0.1, -0.05) is 88.0 Å². The molecule has 0 N–H and O–H groups in total. The molecule has 0 aliphatic rings. The molecular weight excluding hydrogens is 344 g/mol. The van der Waals surface area contributed by atoms with Gasteiger partial charge < -0.3 is 4.74 Å². The maximum atomic E-state index is 11.7. The van der Waals surface area contributed by atoms with Crippen LogP contribution in [0.3, 0.4) is 0 Å². The van der Waals surface area contributed by atoms with Crippen molar-refractivity contribution in [1.82, 2.24) is 0 Å². The second kappa shape index (κ2) is 19.9. The number of unbranched alkanes of at least 4 members (excludes halogenated alkanes) is 2. The lowest BCUT2D eigenvalue weighted by atomic mass is 10.1. The molecule has 0 aliphatic carbocycles. The Morgan fingerprint density at radius 2 is 1.14 bits per heavy atom. The highest BCUT2D eigenvalue weighted by Crippen LogP contribution is 2.08. The van der Waals surface area contributed by atoms with E-state index in [-0.39, 0.29) is 12.1 Å². The molecular formula is C26H42O2. The Kier molecular flexibility index (Phi) is 18.6. The molecule has 0 aromatic rings. The predicted octanol–water partition coefficient (Wildman–Crippen LogP) is 7.89. The van der Waals surface area contributed by atoms with Crippen molar-refractivity contribution < 1.29 is 9.53 Å². The van der Waals surface area contributed by atoms with Gasteiger partial charge in [0.05, 0.1) is 0 Å². The first-order chi connectivity index (χ1) is 13.6. The monoisotopic (exact) mass is 386 g/mol. The topological polar surface area (TPSA) is 26.3 Å². The fourth-order valence-electron chi connectivity index (χ4n) is 2.25. The minimum absolute atomic E-state index is 0.00551. The van der Waals surface area contributed by atoms with Gasteiger partial charge in [-0.3, -0.25) is 4.79 Å². The van der Waals surface area contributed by atoms with Crippen molar-refractivity contribution in [3.63, 3.8) is 0 Å². The number of carbonyl (C=O) groups excluding carboxylic acids is 1. The van der Waals surface area contributed by atoms with Crippen molar-refractivity contribution in [3.8, 4) is 0 Å². The van der Waals surface area contributed by atoms with Crippen LogP contribution in [0.2, 0.25) is 0 Å². The van der Waals surface area contributed by atoms with Gasteiger partial charge in [0.2, 0.25) is 0 Å². The van der Waals surface area contributed by atoms with Crippen LogP contribution >= 0.6 is 0 Å². The highest BCUT2D eigenvalue weighted by molar-refractivity contribution is 5.69. The second-order valence-electron chi connectivity index (χ2n) is 7.42. The molecule has 0 saturated heterocycles. The van der Waals surface area contributed by atoms with Crippen molar-refractivity contribution in [2.24, 2.45) is 5.92 Å². The van der Waals surface area contributed by atoms with E-state index < -0.39 is 0 Å². The first-order valence-electron chi connectivity index (χ1n) is 11.0. The fourth-order valence-corrected chi connectivity index (χ4v) is 2.25. The highest BCUT2D eigenvalue weighted by atomic mass is 16.5. The summed E-state index contributed by atoms with van der Waals surface area (Å²) in [7, 11) is 0. The van der Waals surface area contributed by atoms with Crippen LogP contribution in [0.5, 0.6) is 0 Å². The van der Waals surface area contributed by atoms with Crippen molar-refractivity contribution in [2.75, 3.05) is 0 Å². The minimum atomic E-state index is -0.0796. The summed E-state index contributed by atoms with van der Waals surface area (Å²) < 4.78 is 5.36. The van der Waals surface area contributed by atoms with E-state index in [4.69, 9.17) is 4.74 Å². The Bertz CT molecular complexity index is 507. The fraction of sp³-hybridized carbons (Fsp3) is 0.577. The molecule has 0 aliphatic heterocycles. The van der Waals surface area contributed by atoms with E-state index in [1.54, 1.807) is 0 Å². The van der Waals surface area contributed by atoms with E-state index in [0.717, 1.165) is 38.5 Å². The highest BCUT2D eigenvalue weighted by Gasteiger charge is 2.11. The summed E-state index contributed by atoms with van der Waals surface area (Å²) in [6.07, 6.45) is 30.7. The smallest absolute Gasteiger partial charge is 0.306 e. The molecule has 2 nitrogen and oxygen atoms in total. The summed E-state index contributed by atoms with van der Waals surface area (Å²) in [5.74, 6) is 0.295. The molecule has 1 atom stereocenters. The van der Waals surface area contributed by atoms with Crippen LogP contribution < -0.4 is 0 Å². The normalized spacial score (nSPS) is 13.9. The zero-order chi connectivity index (χ0) is 20.9. The zero-order valence-corrected chi connectivity index (χ0v) is 18.6. The maximum Gasteiger partial charge on any atom is 0.306 e. The first kappa shape index (κ1) is 26.2. The third kappa shape index (κ3) is 18.9. The van der Waals surface area contributed by atoms with Crippen LogP contribution in [-0.2, 0) is 9.53 Å². The summed E-state index contributed by atoms with van der Waals surface area (Å²) in [4.78, 5) is 11.7. The molecule has 0 spiro atoms. The van der Waals surface area contributed by atoms with Crippen molar-refractivity contribution in [1.29, 1.82) is 0 Å². The molecule has 0 aromatic carbocycles. The molecule has 0 amide bonds. The number of allylic oxidation sites excluding steroid dienone is 10. The minimum Gasteiger partial charge on any atom is -0.462 e. The SMILES string of the molecule is CCC/C=C\C/C=C\C/C=C\C/C=C\C/C=C/CCCC(=O)OC(C)C(C)C. The lowest BCUT2D eigenvalue weighted by Crippen LogP contribution is -2.19. The van der Waals surface area contributed by atoms with Crippen molar-refractivity contribution in [2.45, 2.75) is 91.6 Å². The predicted molar refractivity (Wildman–Crippen MR) is 123 cm³/mol. The lowest BCUT2D eigenvalue weighted by molar-refractivity contribution is -0.150. The molecule has 0 radical (unpaired) electrons. The van der Waals surface area contributed by atoms with Gasteiger partial charge in [-0.15, -0.1) is 0 Å². The average molecular weight is 387 g/mol. The van der Waals surface area contributed by atoms with Gasteiger partial charge >= 0.3 is 5.97 Å². The molecule has 158 valence electrons. The van der Waals surface area contributed by atoms with E-state index in [2.05, 4.69) is 81.5 Å². The van der Waals surface area contributed by atoms with E-state index in [0.29, 0.717) is 12.3 Å². The van der Waals surface area contributed by atoms with Crippen molar-refractivity contribution in [3.05, 3.63) is 60.8 Å². The molecule has 28 heavy (non-hydrogen) atoms. The van der Waals surface area contributed by atoms with Gasteiger partial charge in [0, 0.05) is 6.42 Å². The molecule has 0 heterocycles. The van der Waals surface area contributed by atoms with Crippen molar-refractivity contribution >= 4 is 5.97 Å². The van der Waals surface area contributed by atoms with Crippen LogP contribution in [0.15, 0.2) is 60.8 Å². The Labute approximate surface area is 174 Å². The van der Waals surface area contributed by atoms with Crippen LogP contribution in [0.1, 0.15) is 85.5 Å². The molecule has 0 fully saturated rings. The van der Waals surface area contributed by atoms with Crippen LogP contribution in [-0.4, -0.2) is 12.1 Å². The molecule has 0 bridgehead atoms. The maximum absolute atomic E-state index is 11.7. The quantitative estimate of drug-likeness (QED) is 0.153. The Hall–Kier alpha value is -1.83. The summed E-state index contributed by atoms with van der Waals surface area (Å²) in [6, 6.07) is 0. The van der Waals surface area contributed by atoms with Gasteiger partial charge in [0.15, 0.2) is 0 Å². The number of esters is 1. The van der Waals surface area contributed by atoms with Gasteiger partial charge in [0.25, 0.3) is 0 Å². The summed E-state index contributed by atoms with van der Waals surface area (Å²) in [6.45, 7) is 8.28. The number of rotatable bonds is 16. The summed E-state index contributed by atoms with van der Waals surface area (Å²) in [5, 5.41) is 0. The second-order valence-corrected chi connectivity index (χ2v) is 7.42. The first-order valence-corrected chi connectivity index (χ1v) is 11.0. The number of carbonyl (C=O) groups is 1. The molecule has 2 heteroatoms. The average Bonchev–Trinajstić information content (AvgIpc) is 2.66. The number of hydrogen-bond acceptors (Lipinski definition) is 2. The van der Waals surface area contributed by atoms with Crippen LogP contribution in [0, 0.1) is 5.92 Å². The third-order valence-corrected chi connectivity index (χ3v) is 4.39. The molecule has 0 rings (SSSR count). The zero-order valence-electron chi connectivity index (χ0n) is 18.6. The number of ether oxygens (including phenoxy) is 1. The Morgan fingerprint density at radius 3 is 1.57 bits per heavy atom. The molecule has 0 saturated carbocycles. The van der Waals surface area contributed by atoms with Gasteiger partial charge in [-0.05, 0) is 57.8 Å². The van der Waals surface area contributed by atoms with Crippen LogP contribution in [0.25, 0.3) is 0 Å². The standard InChI is InChI=1S/C26H42O2/c1-5-6-7-8-9-10-11-12-13-14-15-16-17-18-19-20-21-22-23-26(27)28-25(4)24(2)3/h7-8,10-11,13-14,16-17,19-20,24-25H,5-6,9,12,15,18,21-23H2,1-4H3/b8-7-,11-10-,14-13-,17-16-,20-19+. The van der Waals surface area contributed by atoms with E-state index in [1.165, 1.54) is 12.8 Å². The summed E-state index contributed by atoms with van der Waals surface area (Å²) >= 11 is 0. The van der Waals surface area contributed by atoms with Gasteiger partial charge in [0.1, 0.15) is 6.10 Å². The van der Waals surface area contributed by atoms with E-state index in [1.807, 2.05) is 6.92 Å². The molecule has 0 aromatic heterocycles. The molecule has 1 unspecified atom stereocenters. The number of hydrogen-bond donors (Lipinski definition) is 0. The Morgan fingerprint density at radius 1 is 0.714 bits per heavy atom. The third-order valence-electron chi connectivity index (χ3n) is 4.39. The van der Waals surface area contributed by atoms with Crippen LogP contribution in [0.4, 0.5) is 0 Å². The van der Waals surface area contributed by atoms with Gasteiger partial charge in [-0.25, -0.2) is 0 Å². The van der Waals surface area contributed by atoms with E-state index in [9.17, 15) is 4.79 Å².